The van der Waals surface area contributed by atoms with E-state index in [1.54, 1.807) is 0 Å². The average Bonchev–Trinajstić information content (AvgIpc) is 2.32. The molecule has 1 aromatic rings. The van der Waals surface area contributed by atoms with Gasteiger partial charge in [-0.1, -0.05) is 13.3 Å². The molecule has 0 saturated carbocycles. The minimum absolute atomic E-state index is 0.0601. The number of nitrogen functional groups attached to an aromatic ring is 1. The number of rotatable bonds is 7. The lowest BCUT2D eigenvalue weighted by Gasteiger charge is -2.08. The largest absolute Gasteiger partial charge is 0.398 e. The van der Waals surface area contributed by atoms with Crippen molar-refractivity contribution >= 4 is 15.5 Å². The summed E-state index contributed by atoms with van der Waals surface area (Å²) in [5.41, 5.74) is 5.60. The minimum atomic E-state index is -3.59. The predicted molar refractivity (Wildman–Crippen MR) is 68.6 cm³/mol. The van der Waals surface area contributed by atoms with Gasteiger partial charge in [-0.2, -0.15) is 0 Å². The second-order valence-corrected chi connectivity index (χ2v) is 6.04. The lowest BCUT2D eigenvalue weighted by molar-refractivity contribution is 0.146. The van der Waals surface area contributed by atoms with Crippen LogP contribution >= 0.6 is 0 Å². The van der Waals surface area contributed by atoms with Crippen molar-refractivity contribution in [3.05, 3.63) is 24.0 Å². The lowest BCUT2D eigenvalue weighted by atomic mass is 10.3. The summed E-state index contributed by atoms with van der Waals surface area (Å²) in [6, 6.07) is 3.32. The molecule has 0 saturated heterocycles. The van der Waals surface area contributed by atoms with Gasteiger partial charge in [0.25, 0.3) is 0 Å². The summed E-state index contributed by atoms with van der Waals surface area (Å²) < 4.78 is 42.0. The number of unbranched alkanes of at least 4 members (excludes halogenated alkanes) is 1. The Morgan fingerprint density at radius 1 is 1.33 bits per heavy atom. The third-order valence-corrected chi connectivity index (χ3v) is 4.18. The maximum atomic E-state index is 13.0. The highest BCUT2D eigenvalue weighted by molar-refractivity contribution is 7.91. The standard InChI is InChI=1S/C12H18FNO3S/c1-2-3-6-17-7-8-18(15,16)12-9-10(13)4-5-11(12)14/h4-5,9H,2-3,6-8,14H2,1H3. The zero-order chi connectivity index (χ0) is 13.6. The lowest BCUT2D eigenvalue weighted by Crippen LogP contribution is -2.14. The molecule has 0 unspecified atom stereocenters. The summed E-state index contributed by atoms with van der Waals surface area (Å²) in [5.74, 6) is -0.806. The summed E-state index contributed by atoms with van der Waals surface area (Å²) >= 11 is 0. The highest BCUT2D eigenvalue weighted by atomic mass is 32.2. The first-order valence-corrected chi connectivity index (χ1v) is 7.48. The topological polar surface area (TPSA) is 69.4 Å². The van der Waals surface area contributed by atoms with Crippen LogP contribution in [0, 0.1) is 5.82 Å². The van der Waals surface area contributed by atoms with Crippen LogP contribution in [0.15, 0.2) is 23.1 Å². The first-order valence-electron chi connectivity index (χ1n) is 5.83. The van der Waals surface area contributed by atoms with E-state index >= 15 is 0 Å². The summed E-state index contributed by atoms with van der Waals surface area (Å²) in [7, 11) is -3.59. The predicted octanol–water partition coefficient (Wildman–Crippen LogP) is 2.00. The average molecular weight is 275 g/mol. The van der Waals surface area contributed by atoms with Crippen molar-refractivity contribution in [2.45, 2.75) is 24.7 Å². The molecule has 2 N–H and O–H groups in total. The molecule has 1 aromatic carbocycles. The van der Waals surface area contributed by atoms with E-state index in [1.807, 2.05) is 6.92 Å². The summed E-state index contributed by atoms with van der Waals surface area (Å²) in [6.45, 7) is 2.65. The van der Waals surface area contributed by atoms with Crippen LogP contribution in [-0.2, 0) is 14.6 Å². The Balaban J connectivity index is 2.66. The molecule has 1 rings (SSSR count). The number of sulfone groups is 1. The molecule has 0 amide bonds. The van der Waals surface area contributed by atoms with Gasteiger partial charge in [0, 0.05) is 6.61 Å². The van der Waals surface area contributed by atoms with Gasteiger partial charge in [0.15, 0.2) is 9.84 Å². The zero-order valence-electron chi connectivity index (χ0n) is 10.4. The van der Waals surface area contributed by atoms with Gasteiger partial charge in [-0.15, -0.1) is 0 Å². The molecule has 0 radical (unpaired) electrons. The van der Waals surface area contributed by atoms with E-state index < -0.39 is 15.7 Å². The molecule has 18 heavy (non-hydrogen) atoms. The molecular weight excluding hydrogens is 257 g/mol. The molecule has 0 heterocycles. The molecule has 0 bridgehead atoms. The Kier molecular flexibility index (Phi) is 5.55. The van der Waals surface area contributed by atoms with Crippen molar-refractivity contribution in [1.82, 2.24) is 0 Å². The fraction of sp³-hybridized carbons (Fsp3) is 0.500. The van der Waals surface area contributed by atoms with E-state index in [2.05, 4.69) is 0 Å². The molecule has 0 aromatic heterocycles. The van der Waals surface area contributed by atoms with Crippen LogP contribution in [0.25, 0.3) is 0 Å². The number of hydrogen-bond donors (Lipinski definition) is 1. The van der Waals surface area contributed by atoms with Crippen molar-refractivity contribution in [3.63, 3.8) is 0 Å². The van der Waals surface area contributed by atoms with Crippen LogP contribution in [0.5, 0.6) is 0 Å². The highest BCUT2D eigenvalue weighted by Crippen LogP contribution is 2.20. The van der Waals surface area contributed by atoms with Gasteiger partial charge in [0.1, 0.15) is 5.82 Å². The van der Waals surface area contributed by atoms with Crippen LogP contribution in [0.1, 0.15) is 19.8 Å². The molecule has 4 nitrogen and oxygen atoms in total. The molecule has 0 atom stereocenters. The molecule has 6 heteroatoms. The van der Waals surface area contributed by atoms with Crippen LogP contribution in [-0.4, -0.2) is 27.4 Å². The van der Waals surface area contributed by atoms with Gasteiger partial charge in [0.05, 0.1) is 22.9 Å². The van der Waals surface area contributed by atoms with Crippen LogP contribution in [0.2, 0.25) is 0 Å². The van der Waals surface area contributed by atoms with Crippen LogP contribution < -0.4 is 5.73 Å². The quantitative estimate of drug-likeness (QED) is 0.610. The second-order valence-electron chi connectivity index (χ2n) is 3.97. The smallest absolute Gasteiger partial charge is 0.182 e. The summed E-state index contributed by atoms with van der Waals surface area (Å²) in [6.07, 6.45) is 1.88. The van der Waals surface area contributed by atoms with E-state index in [9.17, 15) is 12.8 Å². The Hall–Kier alpha value is -1.14. The fourth-order valence-electron chi connectivity index (χ4n) is 1.40. The van der Waals surface area contributed by atoms with Crippen molar-refractivity contribution in [2.24, 2.45) is 0 Å². The number of ether oxygens (including phenoxy) is 1. The summed E-state index contributed by atoms with van der Waals surface area (Å²) in [5, 5.41) is 0. The number of halogens is 1. The van der Waals surface area contributed by atoms with E-state index in [-0.39, 0.29) is 22.9 Å². The molecule has 0 aliphatic carbocycles. The molecule has 0 spiro atoms. The third-order valence-electron chi connectivity index (χ3n) is 2.45. The monoisotopic (exact) mass is 275 g/mol. The number of hydrogen-bond acceptors (Lipinski definition) is 4. The maximum Gasteiger partial charge on any atom is 0.182 e. The van der Waals surface area contributed by atoms with Crippen molar-refractivity contribution < 1.29 is 17.5 Å². The van der Waals surface area contributed by atoms with Gasteiger partial charge in [-0.05, 0) is 24.6 Å². The number of benzene rings is 1. The van der Waals surface area contributed by atoms with Crippen LogP contribution in [0.4, 0.5) is 10.1 Å². The molecular formula is C12H18FNO3S. The molecule has 0 aliphatic rings. The third kappa shape index (κ3) is 4.27. The normalized spacial score (nSPS) is 11.7. The molecule has 0 fully saturated rings. The van der Waals surface area contributed by atoms with Gasteiger partial charge in [-0.3, -0.25) is 0 Å². The minimum Gasteiger partial charge on any atom is -0.398 e. The SMILES string of the molecule is CCCCOCCS(=O)(=O)c1cc(F)ccc1N. The Morgan fingerprint density at radius 3 is 2.72 bits per heavy atom. The van der Waals surface area contributed by atoms with Gasteiger partial charge in [0.2, 0.25) is 0 Å². The first-order chi connectivity index (χ1) is 8.47. The van der Waals surface area contributed by atoms with E-state index in [1.165, 1.54) is 6.07 Å². The van der Waals surface area contributed by atoms with Crippen molar-refractivity contribution in [2.75, 3.05) is 24.7 Å². The fourth-order valence-corrected chi connectivity index (χ4v) is 2.68. The van der Waals surface area contributed by atoms with Gasteiger partial charge in [-0.25, -0.2) is 12.8 Å². The molecule has 102 valence electrons. The van der Waals surface area contributed by atoms with E-state index in [0.29, 0.717) is 6.61 Å². The second kappa shape index (κ2) is 6.70. The maximum absolute atomic E-state index is 13.0. The number of anilines is 1. The van der Waals surface area contributed by atoms with E-state index in [4.69, 9.17) is 10.5 Å². The van der Waals surface area contributed by atoms with Crippen molar-refractivity contribution in [1.29, 1.82) is 0 Å². The van der Waals surface area contributed by atoms with Gasteiger partial charge < -0.3 is 10.5 Å². The van der Waals surface area contributed by atoms with E-state index in [0.717, 1.165) is 25.0 Å². The Labute approximate surface area is 107 Å². The Bertz CT molecular complexity index is 488. The Morgan fingerprint density at radius 2 is 2.06 bits per heavy atom. The molecule has 0 aliphatic heterocycles. The first kappa shape index (κ1) is 14.9. The summed E-state index contributed by atoms with van der Waals surface area (Å²) in [4.78, 5) is -0.165. The van der Waals surface area contributed by atoms with Crippen LogP contribution in [0.3, 0.4) is 0 Å². The zero-order valence-corrected chi connectivity index (χ0v) is 11.2. The van der Waals surface area contributed by atoms with Crippen molar-refractivity contribution in [3.8, 4) is 0 Å². The van der Waals surface area contributed by atoms with Gasteiger partial charge >= 0.3 is 0 Å². The highest BCUT2D eigenvalue weighted by Gasteiger charge is 2.18. The number of nitrogens with two attached hydrogens (primary N) is 1.